The Kier molecular flexibility index (Phi) is 3.90. The van der Waals surface area contributed by atoms with E-state index in [9.17, 15) is 4.39 Å². The van der Waals surface area contributed by atoms with Gasteiger partial charge in [0.05, 0.1) is 0 Å². The largest absolute Gasteiger partial charge is 0.487 e. The third-order valence-electron chi connectivity index (χ3n) is 3.92. The normalized spacial score (nSPS) is 11.0. The van der Waals surface area contributed by atoms with Crippen molar-refractivity contribution in [2.24, 2.45) is 0 Å². The Hall–Kier alpha value is -3.21. The number of aryl methyl sites for hydroxylation is 1. The second-order valence-corrected chi connectivity index (χ2v) is 5.86. The summed E-state index contributed by atoms with van der Waals surface area (Å²) < 4.78 is 19.0. The molecule has 0 aliphatic rings. The van der Waals surface area contributed by atoms with Gasteiger partial charge in [-0.15, -0.1) is 15.0 Å². The number of benzene rings is 3. The summed E-state index contributed by atoms with van der Waals surface area (Å²) in [6.07, 6.45) is 0. The Balaban J connectivity index is 1.67. The molecule has 0 unspecified atom stereocenters. The first kappa shape index (κ1) is 15.3. The number of rotatable bonds is 4. The van der Waals surface area contributed by atoms with E-state index < -0.39 is 0 Å². The highest BCUT2D eigenvalue weighted by Crippen LogP contribution is 2.25. The van der Waals surface area contributed by atoms with Crippen LogP contribution in [0.2, 0.25) is 0 Å². The summed E-state index contributed by atoms with van der Waals surface area (Å²) in [7, 11) is 0. The Morgan fingerprint density at radius 2 is 1.60 bits per heavy atom. The Bertz CT molecular complexity index is 992. The summed E-state index contributed by atoms with van der Waals surface area (Å²) in [5.74, 6) is 0.419. The van der Waals surface area contributed by atoms with Gasteiger partial charge in [-0.1, -0.05) is 30.3 Å². The number of halogens is 1. The molecule has 124 valence electrons. The molecule has 0 aliphatic carbocycles. The highest BCUT2D eigenvalue weighted by atomic mass is 19.1. The lowest BCUT2D eigenvalue weighted by Crippen LogP contribution is -2.04. The molecule has 0 spiro atoms. The zero-order valence-corrected chi connectivity index (χ0v) is 13.7. The average molecular weight is 333 g/mol. The molecule has 4 aromatic rings. The predicted molar refractivity (Wildman–Crippen MR) is 94.3 cm³/mol. The molecule has 0 saturated heterocycles. The molecular formula is C20H16FN3O. The molecule has 0 aliphatic heterocycles. The van der Waals surface area contributed by atoms with Crippen molar-refractivity contribution in [3.05, 3.63) is 83.7 Å². The average Bonchev–Trinajstić information content (AvgIpc) is 3.06. The number of fused-ring (bicyclic) bond motifs is 1. The van der Waals surface area contributed by atoms with E-state index in [2.05, 4.69) is 10.2 Å². The van der Waals surface area contributed by atoms with Crippen molar-refractivity contribution in [2.45, 2.75) is 13.5 Å². The van der Waals surface area contributed by atoms with Gasteiger partial charge >= 0.3 is 0 Å². The molecular weight excluding hydrogens is 317 g/mol. The van der Waals surface area contributed by atoms with Crippen molar-refractivity contribution in [3.63, 3.8) is 0 Å². The minimum Gasteiger partial charge on any atom is -0.487 e. The first-order valence-electron chi connectivity index (χ1n) is 7.99. The maximum Gasteiger partial charge on any atom is 0.147 e. The lowest BCUT2D eigenvalue weighted by Gasteiger charge is -2.11. The van der Waals surface area contributed by atoms with Crippen LogP contribution in [0.3, 0.4) is 0 Å². The molecule has 0 radical (unpaired) electrons. The van der Waals surface area contributed by atoms with Crippen LogP contribution >= 0.6 is 0 Å². The number of nitrogens with zero attached hydrogens (tertiary/aromatic N) is 3. The van der Waals surface area contributed by atoms with Crippen LogP contribution in [0.4, 0.5) is 4.39 Å². The van der Waals surface area contributed by atoms with E-state index in [1.807, 2.05) is 49.4 Å². The Labute approximate surface area is 144 Å². The molecule has 3 aromatic carbocycles. The maximum absolute atomic E-state index is 13.0. The Morgan fingerprint density at radius 1 is 0.920 bits per heavy atom. The van der Waals surface area contributed by atoms with Crippen molar-refractivity contribution in [3.8, 4) is 11.4 Å². The molecule has 1 heterocycles. The van der Waals surface area contributed by atoms with Gasteiger partial charge in [0.2, 0.25) is 0 Å². The van der Waals surface area contributed by atoms with Gasteiger partial charge in [-0.25, -0.2) is 4.39 Å². The summed E-state index contributed by atoms with van der Waals surface area (Å²) >= 11 is 0. The topological polar surface area (TPSA) is 39.9 Å². The summed E-state index contributed by atoms with van der Waals surface area (Å²) in [5, 5.41) is 9.05. The summed E-state index contributed by atoms with van der Waals surface area (Å²) in [6.45, 7) is 2.35. The summed E-state index contributed by atoms with van der Waals surface area (Å²) in [4.78, 5) is 1.59. The van der Waals surface area contributed by atoms with Crippen molar-refractivity contribution >= 4 is 11.0 Å². The first-order valence-corrected chi connectivity index (χ1v) is 7.99. The standard InChI is InChI=1S/C20H16FN3O/c1-14-6-11-20(25-13-15-7-9-16(21)10-8-15)19(12-14)24-22-17-4-2-3-5-18(17)23-24/h2-12H,13H2,1H3. The highest BCUT2D eigenvalue weighted by Gasteiger charge is 2.11. The molecule has 4 rings (SSSR count). The Morgan fingerprint density at radius 3 is 2.28 bits per heavy atom. The predicted octanol–water partition coefficient (Wildman–Crippen LogP) is 4.45. The molecule has 0 amide bonds. The van der Waals surface area contributed by atoms with E-state index in [0.29, 0.717) is 12.4 Å². The molecule has 0 fully saturated rings. The smallest absolute Gasteiger partial charge is 0.147 e. The molecule has 1 aromatic heterocycles. The quantitative estimate of drug-likeness (QED) is 0.554. The number of hydrogen-bond donors (Lipinski definition) is 0. The molecule has 25 heavy (non-hydrogen) atoms. The van der Waals surface area contributed by atoms with Crippen LogP contribution in [-0.2, 0) is 6.61 Å². The van der Waals surface area contributed by atoms with E-state index in [4.69, 9.17) is 4.74 Å². The molecule has 0 saturated carbocycles. The van der Waals surface area contributed by atoms with Gasteiger partial charge < -0.3 is 4.74 Å². The molecule has 5 heteroatoms. The fourth-order valence-electron chi connectivity index (χ4n) is 2.61. The van der Waals surface area contributed by atoms with E-state index in [1.165, 1.54) is 12.1 Å². The van der Waals surface area contributed by atoms with E-state index >= 15 is 0 Å². The van der Waals surface area contributed by atoms with Crippen LogP contribution in [0.5, 0.6) is 5.75 Å². The number of hydrogen-bond acceptors (Lipinski definition) is 3. The fourth-order valence-corrected chi connectivity index (χ4v) is 2.61. The summed E-state index contributed by atoms with van der Waals surface area (Å²) in [5.41, 5.74) is 4.41. The van der Waals surface area contributed by atoms with Crippen molar-refractivity contribution in [2.75, 3.05) is 0 Å². The van der Waals surface area contributed by atoms with Crippen LogP contribution in [0.25, 0.3) is 16.7 Å². The lowest BCUT2D eigenvalue weighted by molar-refractivity contribution is 0.304. The van der Waals surface area contributed by atoms with Gasteiger partial charge in [-0.2, -0.15) is 0 Å². The van der Waals surface area contributed by atoms with Crippen molar-refractivity contribution in [1.82, 2.24) is 15.0 Å². The minimum atomic E-state index is -0.257. The molecule has 4 nitrogen and oxygen atoms in total. The summed E-state index contributed by atoms with van der Waals surface area (Å²) in [6, 6.07) is 19.9. The van der Waals surface area contributed by atoms with Gasteiger partial charge in [-0.05, 0) is 54.4 Å². The third-order valence-corrected chi connectivity index (χ3v) is 3.92. The van der Waals surface area contributed by atoms with Gasteiger partial charge in [0.1, 0.15) is 34.9 Å². The molecule has 0 atom stereocenters. The zero-order chi connectivity index (χ0) is 17.2. The van der Waals surface area contributed by atoms with Gasteiger partial charge in [0, 0.05) is 0 Å². The van der Waals surface area contributed by atoms with Gasteiger partial charge in [0.15, 0.2) is 0 Å². The SMILES string of the molecule is Cc1ccc(OCc2ccc(F)cc2)c(-n2nc3ccccc3n2)c1. The van der Waals surface area contributed by atoms with Crippen LogP contribution in [0, 0.1) is 12.7 Å². The second kappa shape index (κ2) is 6.36. The number of aromatic nitrogens is 3. The maximum atomic E-state index is 13.0. The third kappa shape index (κ3) is 3.21. The minimum absolute atomic E-state index is 0.257. The van der Waals surface area contributed by atoms with Crippen LogP contribution in [0.15, 0.2) is 66.7 Å². The van der Waals surface area contributed by atoms with Crippen molar-refractivity contribution < 1.29 is 9.13 Å². The first-order chi connectivity index (χ1) is 12.2. The van der Waals surface area contributed by atoms with E-state index in [0.717, 1.165) is 27.8 Å². The second-order valence-electron chi connectivity index (χ2n) is 5.86. The number of ether oxygens (including phenoxy) is 1. The van der Waals surface area contributed by atoms with Gasteiger partial charge in [-0.3, -0.25) is 0 Å². The van der Waals surface area contributed by atoms with Crippen LogP contribution in [0.1, 0.15) is 11.1 Å². The van der Waals surface area contributed by atoms with Gasteiger partial charge in [0.25, 0.3) is 0 Å². The molecule has 0 N–H and O–H groups in total. The molecule has 0 bridgehead atoms. The van der Waals surface area contributed by atoms with E-state index in [-0.39, 0.29) is 5.82 Å². The van der Waals surface area contributed by atoms with Crippen molar-refractivity contribution in [1.29, 1.82) is 0 Å². The monoisotopic (exact) mass is 333 g/mol. The van der Waals surface area contributed by atoms with Crippen LogP contribution in [-0.4, -0.2) is 15.0 Å². The fraction of sp³-hybridized carbons (Fsp3) is 0.100. The highest BCUT2D eigenvalue weighted by molar-refractivity contribution is 5.73. The zero-order valence-electron chi connectivity index (χ0n) is 13.7. The van der Waals surface area contributed by atoms with Crippen LogP contribution < -0.4 is 4.74 Å². The van der Waals surface area contributed by atoms with E-state index in [1.54, 1.807) is 16.9 Å². The lowest BCUT2D eigenvalue weighted by atomic mass is 10.2.